The maximum Gasteiger partial charge on any atom is 0.410 e. The van der Waals surface area contributed by atoms with Crippen molar-refractivity contribution >= 4 is 6.09 Å². The Morgan fingerprint density at radius 1 is 1.44 bits per heavy atom. The minimum atomic E-state index is -0.402. The van der Waals surface area contributed by atoms with Crippen LogP contribution in [0.2, 0.25) is 0 Å². The number of hydrogen-bond acceptors (Lipinski definition) is 3. The van der Waals surface area contributed by atoms with Crippen LogP contribution in [0.25, 0.3) is 0 Å². The van der Waals surface area contributed by atoms with Gasteiger partial charge in [0.25, 0.3) is 0 Å². The molecule has 0 atom stereocenters. The largest absolute Gasteiger partial charge is 0.444 e. The molecule has 1 amide bonds. The van der Waals surface area contributed by atoms with Crippen molar-refractivity contribution in [3.05, 3.63) is 0 Å². The quantitative estimate of drug-likeness (QED) is 0.781. The van der Waals surface area contributed by atoms with Gasteiger partial charge in [0, 0.05) is 13.1 Å². The molecule has 1 heterocycles. The number of nitrogens with zero attached hydrogens (tertiary/aromatic N) is 1. The van der Waals surface area contributed by atoms with Crippen LogP contribution >= 0.6 is 0 Å². The fourth-order valence-electron chi connectivity index (χ4n) is 3.36. The highest BCUT2D eigenvalue weighted by Gasteiger charge is 2.47. The molecule has 1 aliphatic carbocycles. The van der Waals surface area contributed by atoms with Crippen molar-refractivity contribution in [2.24, 2.45) is 17.1 Å². The molecule has 0 radical (unpaired) electrons. The smallest absolute Gasteiger partial charge is 0.410 e. The molecule has 18 heavy (non-hydrogen) atoms. The van der Waals surface area contributed by atoms with Crippen LogP contribution in [0.4, 0.5) is 4.79 Å². The van der Waals surface area contributed by atoms with Gasteiger partial charge in [0.15, 0.2) is 0 Å². The maximum absolute atomic E-state index is 12.1. The van der Waals surface area contributed by atoms with Crippen LogP contribution in [0.15, 0.2) is 0 Å². The molecule has 104 valence electrons. The molecular weight excluding hydrogens is 228 g/mol. The van der Waals surface area contributed by atoms with Gasteiger partial charge in [-0.3, -0.25) is 0 Å². The highest BCUT2D eigenvalue weighted by atomic mass is 16.6. The molecule has 4 nitrogen and oxygen atoms in total. The molecule has 1 aliphatic heterocycles. The van der Waals surface area contributed by atoms with E-state index in [2.05, 4.69) is 0 Å². The van der Waals surface area contributed by atoms with E-state index in [0.29, 0.717) is 11.3 Å². The first-order chi connectivity index (χ1) is 8.34. The predicted octanol–water partition coefficient (Wildman–Crippen LogP) is 2.37. The summed E-state index contributed by atoms with van der Waals surface area (Å²) in [5, 5.41) is 0. The van der Waals surface area contributed by atoms with Gasteiger partial charge in [0.1, 0.15) is 5.60 Å². The van der Waals surface area contributed by atoms with E-state index >= 15 is 0 Å². The highest BCUT2D eigenvalue weighted by molar-refractivity contribution is 5.68. The van der Waals surface area contributed by atoms with Crippen molar-refractivity contribution < 1.29 is 9.53 Å². The van der Waals surface area contributed by atoms with Crippen LogP contribution in [0.5, 0.6) is 0 Å². The van der Waals surface area contributed by atoms with E-state index in [4.69, 9.17) is 10.5 Å². The Kier molecular flexibility index (Phi) is 3.58. The summed E-state index contributed by atoms with van der Waals surface area (Å²) in [6.45, 7) is 8.23. The Labute approximate surface area is 110 Å². The number of carbonyl (C=O) groups is 1. The van der Waals surface area contributed by atoms with Gasteiger partial charge in [0.05, 0.1) is 0 Å². The van der Waals surface area contributed by atoms with Gasteiger partial charge < -0.3 is 15.4 Å². The normalized spacial score (nSPS) is 32.2. The molecule has 4 heteroatoms. The second kappa shape index (κ2) is 4.72. The van der Waals surface area contributed by atoms with E-state index in [1.807, 2.05) is 25.7 Å². The van der Waals surface area contributed by atoms with E-state index in [0.717, 1.165) is 26.1 Å². The topological polar surface area (TPSA) is 55.6 Å². The summed E-state index contributed by atoms with van der Waals surface area (Å²) in [6.07, 6.45) is 4.54. The second-order valence-corrected chi connectivity index (χ2v) is 7.02. The van der Waals surface area contributed by atoms with Gasteiger partial charge >= 0.3 is 6.09 Å². The summed E-state index contributed by atoms with van der Waals surface area (Å²) >= 11 is 0. The van der Waals surface area contributed by atoms with Gasteiger partial charge in [0.2, 0.25) is 0 Å². The SMILES string of the molecule is CC(C)(C)OC(=O)N1CCCC2(CC(CN)C2)C1. The Balaban J connectivity index is 1.90. The average molecular weight is 254 g/mol. The first-order valence-corrected chi connectivity index (χ1v) is 7.02. The fraction of sp³-hybridized carbons (Fsp3) is 0.929. The number of ether oxygens (including phenoxy) is 1. The molecule has 0 unspecified atom stereocenters. The van der Waals surface area contributed by atoms with Crippen molar-refractivity contribution in [2.75, 3.05) is 19.6 Å². The lowest BCUT2D eigenvalue weighted by atomic mass is 9.58. The Hall–Kier alpha value is -0.770. The number of carbonyl (C=O) groups excluding carboxylic acids is 1. The maximum atomic E-state index is 12.1. The van der Waals surface area contributed by atoms with E-state index in [1.54, 1.807) is 0 Å². The second-order valence-electron chi connectivity index (χ2n) is 7.02. The number of piperidine rings is 1. The van der Waals surface area contributed by atoms with Gasteiger partial charge in [-0.25, -0.2) is 4.79 Å². The van der Waals surface area contributed by atoms with Crippen molar-refractivity contribution in [3.63, 3.8) is 0 Å². The van der Waals surface area contributed by atoms with Crippen LogP contribution in [-0.2, 0) is 4.74 Å². The predicted molar refractivity (Wildman–Crippen MR) is 71.3 cm³/mol. The summed E-state index contributed by atoms with van der Waals surface area (Å²) in [7, 11) is 0. The highest BCUT2D eigenvalue weighted by Crippen LogP contribution is 2.50. The monoisotopic (exact) mass is 254 g/mol. The lowest BCUT2D eigenvalue weighted by Gasteiger charge is -2.52. The summed E-state index contributed by atoms with van der Waals surface area (Å²) in [6, 6.07) is 0. The van der Waals surface area contributed by atoms with Gasteiger partial charge in [-0.1, -0.05) is 0 Å². The van der Waals surface area contributed by atoms with E-state index in [9.17, 15) is 4.79 Å². The van der Waals surface area contributed by atoms with Crippen molar-refractivity contribution in [3.8, 4) is 0 Å². The summed E-state index contributed by atoms with van der Waals surface area (Å²) in [4.78, 5) is 14.0. The molecule has 2 rings (SSSR count). The summed E-state index contributed by atoms with van der Waals surface area (Å²) in [5.41, 5.74) is 5.64. The minimum Gasteiger partial charge on any atom is -0.444 e. The lowest BCUT2D eigenvalue weighted by molar-refractivity contribution is -0.0358. The number of rotatable bonds is 1. The molecule has 0 aromatic carbocycles. The summed E-state index contributed by atoms with van der Waals surface area (Å²) in [5.74, 6) is 0.670. The number of hydrogen-bond donors (Lipinski definition) is 1. The molecule has 2 N–H and O–H groups in total. The first-order valence-electron chi connectivity index (χ1n) is 7.02. The number of amides is 1. The molecule has 2 aliphatic rings. The molecule has 2 fully saturated rings. The third-order valence-corrected chi connectivity index (χ3v) is 4.09. The number of nitrogens with two attached hydrogens (primary N) is 1. The molecule has 0 aromatic heterocycles. The standard InChI is InChI=1S/C14H26N2O2/c1-13(2,3)18-12(17)16-6-4-5-14(10-16)7-11(8-14)9-15/h11H,4-10,15H2,1-3H3. The zero-order chi connectivity index (χ0) is 13.4. The molecule has 1 saturated carbocycles. The zero-order valence-corrected chi connectivity index (χ0v) is 11.9. The van der Waals surface area contributed by atoms with E-state index < -0.39 is 5.60 Å². The Morgan fingerprint density at radius 3 is 2.67 bits per heavy atom. The van der Waals surface area contributed by atoms with Crippen molar-refractivity contribution in [2.45, 2.75) is 52.1 Å². The van der Waals surface area contributed by atoms with Gasteiger partial charge in [-0.15, -0.1) is 0 Å². The van der Waals surface area contributed by atoms with Gasteiger partial charge in [-0.05, 0) is 64.3 Å². The number of likely N-dealkylation sites (tertiary alicyclic amines) is 1. The molecule has 1 spiro atoms. The fourth-order valence-corrected chi connectivity index (χ4v) is 3.36. The minimum absolute atomic E-state index is 0.155. The van der Waals surface area contributed by atoms with Gasteiger partial charge in [-0.2, -0.15) is 0 Å². The Morgan fingerprint density at radius 2 is 2.11 bits per heavy atom. The third kappa shape index (κ3) is 2.97. The molecular formula is C14H26N2O2. The van der Waals surface area contributed by atoms with E-state index in [1.165, 1.54) is 19.3 Å². The summed E-state index contributed by atoms with van der Waals surface area (Å²) < 4.78 is 5.45. The zero-order valence-electron chi connectivity index (χ0n) is 11.9. The van der Waals surface area contributed by atoms with Crippen LogP contribution in [0.3, 0.4) is 0 Å². The van der Waals surface area contributed by atoms with E-state index in [-0.39, 0.29) is 6.09 Å². The van der Waals surface area contributed by atoms with Crippen LogP contribution < -0.4 is 5.73 Å². The first kappa shape index (κ1) is 13.7. The molecule has 0 aromatic rings. The molecule has 1 saturated heterocycles. The van der Waals surface area contributed by atoms with Crippen LogP contribution in [-0.4, -0.2) is 36.2 Å². The average Bonchev–Trinajstić information content (AvgIpc) is 2.23. The molecule has 0 bridgehead atoms. The van der Waals surface area contributed by atoms with Crippen molar-refractivity contribution in [1.82, 2.24) is 4.90 Å². The Bertz CT molecular complexity index is 316. The lowest BCUT2D eigenvalue weighted by Crippen LogP contribution is -2.54. The van der Waals surface area contributed by atoms with Crippen LogP contribution in [0.1, 0.15) is 46.5 Å². The van der Waals surface area contributed by atoms with Crippen LogP contribution in [0, 0.1) is 11.3 Å². The third-order valence-electron chi connectivity index (χ3n) is 4.09. The van der Waals surface area contributed by atoms with Crippen molar-refractivity contribution in [1.29, 1.82) is 0 Å².